The molecule has 1 amide bonds. The molecule has 4 heteroatoms. The second-order valence-electron chi connectivity index (χ2n) is 4.52. The van der Waals surface area contributed by atoms with Crippen molar-refractivity contribution < 1.29 is 14.7 Å². The largest absolute Gasteiger partial charge is 0.481 e. The first-order chi connectivity index (χ1) is 7.99. The highest BCUT2D eigenvalue weighted by Gasteiger charge is 2.37. The van der Waals surface area contributed by atoms with Crippen LogP contribution in [0.4, 0.5) is 5.69 Å². The average molecular weight is 233 g/mol. The highest BCUT2D eigenvalue weighted by atomic mass is 16.4. The first kappa shape index (κ1) is 11.6. The van der Waals surface area contributed by atoms with Gasteiger partial charge in [-0.25, -0.2) is 0 Å². The van der Waals surface area contributed by atoms with E-state index in [1.54, 1.807) is 4.90 Å². The molecule has 0 aromatic heterocycles. The molecule has 0 spiro atoms. The van der Waals surface area contributed by atoms with E-state index in [9.17, 15) is 9.59 Å². The molecule has 0 saturated carbocycles. The molecule has 1 aliphatic rings. The van der Waals surface area contributed by atoms with Crippen molar-refractivity contribution in [2.75, 3.05) is 11.4 Å². The lowest BCUT2D eigenvalue weighted by Crippen LogP contribution is -2.30. The van der Waals surface area contributed by atoms with E-state index < -0.39 is 11.9 Å². The summed E-state index contributed by atoms with van der Waals surface area (Å²) in [5.41, 5.74) is 2.95. The van der Waals surface area contributed by atoms with E-state index >= 15 is 0 Å². The van der Waals surface area contributed by atoms with E-state index in [1.165, 1.54) is 0 Å². The fourth-order valence-corrected chi connectivity index (χ4v) is 2.27. The summed E-state index contributed by atoms with van der Waals surface area (Å²) < 4.78 is 0. The lowest BCUT2D eigenvalue weighted by molar-refractivity contribution is -0.144. The molecule has 17 heavy (non-hydrogen) atoms. The number of carbonyl (C=O) groups excluding carboxylic acids is 1. The van der Waals surface area contributed by atoms with E-state index in [4.69, 9.17) is 5.11 Å². The fourth-order valence-electron chi connectivity index (χ4n) is 2.27. The van der Waals surface area contributed by atoms with Crippen molar-refractivity contribution in [3.8, 4) is 0 Å². The van der Waals surface area contributed by atoms with Crippen molar-refractivity contribution in [3.63, 3.8) is 0 Å². The number of benzene rings is 1. The zero-order valence-corrected chi connectivity index (χ0v) is 9.93. The summed E-state index contributed by atoms with van der Waals surface area (Å²) >= 11 is 0. The van der Waals surface area contributed by atoms with Crippen molar-refractivity contribution >= 4 is 17.6 Å². The molecule has 1 aliphatic heterocycles. The molecule has 1 unspecified atom stereocenters. The summed E-state index contributed by atoms with van der Waals surface area (Å²) in [4.78, 5) is 24.4. The summed E-state index contributed by atoms with van der Waals surface area (Å²) in [6.45, 7) is 4.41. The number of hydrogen-bond acceptors (Lipinski definition) is 2. The summed E-state index contributed by atoms with van der Waals surface area (Å²) in [5.74, 6) is -2.21. The maximum absolute atomic E-state index is 11.9. The second-order valence-corrected chi connectivity index (χ2v) is 4.52. The lowest BCUT2D eigenvalue weighted by atomic mass is 10.1. The lowest BCUT2D eigenvalue weighted by Gasteiger charge is -2.17. The van der Waals surface area contributed by atoms with Crippen LogP contribution in [0.25, 0.3) is 0 Å². The molecule has 2 rings (SSSR count). The Morgan fingerprint density at radius 2 is 1.88 bits per heavy atom. The topological polar surface area (TPSA) is 57.6 Å². The van der Waals surface area contributed by atoms with Crippen LogP contribution >= 0.6 is 0 Å². The number of carboxylic acid groups (broad SMARTS) is 1. The Kier molecular flexibility index (Phi) is 2.88. The van der Waals surface area contributed by atoms with E-state index in [0.29, 0.717) is 13.0 Å². The molecular formula is C13H15NO3. The normalized spacial score (nSPS) is 19.8. The Morgan fingerprint density at radius 1 is 1.29 bits per heavy atom. The van der Waals surface area contributed by atoms with Gasteiger partial charge in [0.15, 0.2) is 0 Å². The number of amides is 1. The van der Waals surface area contributed by atoms with Crippen molar-refractivity contribution in [3.05, 3.63) is 29.3 Å². The van der Waals surface area contributed by atoms with Crippen LogP contribution in [0, 0.1) is 19.8 Å². The molecular weight excluding hydrogens is 218 g/mol. The predicted octanol–water partition coefficient (Wildman–Crippen LogP) is 1.74. The molecule has 1 aromatic carbocycles. The van der Waals surface area contributed by atoms with Crippen molar-refractivity contribution in [1.29, 1.82) is 0 Å². The maximum atomic E-state index is 11.9. The van der Waals surface area contributed by atoms with Gasteiger partial charge < -0.3 is 10.0 Å². The minimum absolute atomic E-state index is 0.303. The summed E-state index contributed by atoms with van der Waals surface area (Å²) in [5, 5.41) is 8.91. The number of carboxylic acids is 1. The molecule has 1 heterocycles. The zero-order chi connectivity index (χ0) is 12.6. The molecule has 0 bridgehead atoms. The van der Waals surface area contributed by atoms with E-state index in [2.05, 4.69) is 0 Å². The predicted molar refractivity (Wildman–Crippen MR) is 64.0 cm³/mol. The molecule has 1 aromatic rings. The number of nitrogens with zero attached hydrogens (tertiary/aromatic N) is 1. The smallest absolute Gasteiger partial charge is 0.316 e. The van der Waals surface area contributed by atoms with Gasteiger partial charge in [0.25, 0.3) is 0 Å². The third kappa shape index (κ3) is 2.16. The molecule has 90 valence electrons. The zero-order valence-electron chi connectivity index (χ0n) is 9.93. The van der Waals surface area contributed by atoms with Crippen LogP contribution in [0.1, 0.15) is 17.5 Å². The number of carbonyl (C=O) groups is 2. The van der Waals surface area contributed by atoms with Gasteiger partial charge in [-0.2, -0.15) is 0 Å². The SMILES string of the molecule is Cc1cc(C)cc(N2CCC(C(=O)O)C2=O)c1. The third-order valence-corrected chi connectivity index (χ3v) is 3.02. The van der Waals surface area contributed by atoms with Gasteiger partial charge in [0, 0.05) is 12.2 Å². The summed E-state index contributed by atoms with van der Waals surface area (Å²) in [7, 11) is 0. The van der Waals surface area contributed by atoms with Gasteiger partial charge in [-0.3, -0.25) is 9.59 Å². The standard InChI is InChI=1S/C13H15NO3/c1-8-5-9(2)7-10(6-8)14-4-3-11(12(14)15)13(16)17/h5-7,11H,3-4H2,1-2H3,(H,16,17). The molecule has 1 N–H and O–H groups in total. The van der Waals surface area contributed by atoms with Gasteiger partial charge in [0.1, 0.15) is 5.92 Å². The van der Waals surface area contributed by atoms with Gasteiger partial charge in [0.2, 0.25) is 5.91 Å². The Morgan fingerprint density at radius 3 is 2.35 bits per heavy atom. The molecule has 1 fully saturated rings. The molecule has 0 aliphatic carbocycles. The molecule has 0 radical (unpaired) electrons. The van der Waals surface area contributed by atoms with Gasteiger partial charge in [-0.1, -0.05) is 6.07 Å². The van der Waals surface area contributed by atoms with E-state index in [1.807, 2.05) is 32.0 Å². The van der Waals surface area contributed by atoms with E-state index in [-0.39, 0.29) is 5.91 Å². The van der Waals surface area contributed by atoms with Crippen LogP contribution in [-0.2, 0) is 9.59 Å². The van der Waals surface area contributed by atoms with Crippen LogP contribution in [0.2, 0.25) is 0 Å². The number of anilines is 1. The van der Waals surface area contributed by atoms with Gasteiger partial charge in [-0.15, -0.1) is 0 Å². The number of hydrogen-bond donors (Lipinski definition) is 1. The number of aliphatic carboxylic acids is 1. The van der Waals surface area contributed by atoms with Crippen LogP contribution < -0.4 is 4.90 Å². The van der Waals surface area contributed by atoms with Crippen LogP contribution in [0.15, 0.2) is 18.2 Å². The number of rotatable bonds is 2. The third-order valence-electron chi connectivity index (χ3n) is 3.02. The van der Waals surface area contributed by atoms with Crippen molar-refractivity contribution in [1.82, 2.24) is 0 Å². The quantitative estimate of drug-likeness (QED) is 0.791. The van der Waals surface area contributed by atoms with Crippen LogP contribution in [-0.4, -0.2) is 23.5 Å². The highest BCUT2D eigenvalue weighted by Crippen LogP contribution is 2.27. The maximum Gasteiger partial charge on any atom is 0.316 e. The Hall–Kier alpha value is -1.84. The minimum atomic E-state index is -1.03. The van der Waals surface area contributed by atoms with Gasteiger partial charge in [0.05, 0.1) is 0 Å². The first-order valence-corrected chi connectivity index (χ1v) is 5.61. The summed E-state index contributed by atoms with van der Waals surface area (Å²) in [6.07, 6.45) is 0.390. The Labute approximate surface area is 99.9 Å². The van der Waals surface area contributed by atoms with Gasteiger partial charge in [-0.05, 0) is 43.5 Å². The number of aryl methyl sites for hydroxylation is 2. The van der Waals surface area contributed by atoms with E-state index in [0.717, 1.165) is 16.8 Å². The fraction of sp³-hybridized carbons (Fsp3) is 0.385. The van der Waals surface area contributed by atoms with Crippen molar-refractivity contribution in [2.24, 2.45) is 5.92 Å². The molecule has 1 saturated heterocycles. The Balaban J connectivity index is 2.30. The second kappa shape index (κ2) is 4.20. The monoisotopic (exact) mass is 233 g/mol. The van der Waals surface area contributed by atoms with Crippen LogP contribution in [0.5, 0.6) is 0 Å². The molecule has 4 nitrogen and oxygen atoms in total. The first-order valence-electron chi connectivity index (χ1n) is 5.61. The highest BCUT2D eigenvalue weighted by molar-refractivity contribution is 6.07. The van der Waals surface area contributed by atoms with Gasteiger partial charge >= 0.3 is 5.97 Å². The summed E-state index contributed by atoms with van der Waals surface area (Å²) in [6, 6.07) is 5.85. The minimum Gasteiger partial charge on any atom is -0.481 e. The molecule has 1 atom stereocenters. The Bertz CT molecular complexity index is 461. The van der Waals surface area contributed by atoms with Crippen LogP contribution in [0.3, 0.4) is 0 Å². The van der Waals surface area contributed by atoms with Crippen molar-refractivity contribution in [2.45, 2.75) is 20.3 Å². The average Bonchev–Trinajstić information content (AvgIpc) is 2.58.